The summed E-state index contributed by atoms with van der Waals surface area (Å²) in [5.41, 5.74) is 0.763. The van der Waals surface area contributed by atoms with Crippen molar-refractivity contribution in [1.82, 2.24) is 15.2 Å². The number of carbonyl (C=O) groups excluding carboxylic acids is 1. The quantitative estimate of drug-likeness (QED) is 0.897. The molecule has 2 atom stereocenters. The van der Waals surface area contributed by atoms with E-state index in [1.54, 1.807) is 30.3 Å². The molecule has 6 heteroatoms. The Kier molecular flexibility index (Phi) is 5.82. The minimum Gasteiger partial charge on any atom is -0.393 e. The number of aliphatic hydroxyl groups excluding tert-OH is 1. The highest BCUT2D eigenvalue weighted by Gasteiger charge is 2.25. The van der Waals surface area contributed by atoms with E-state index in [0.717, 1.165) is 31.4 Å². The number of amides is 2. The van der Waals surface area contributed by atoms with E-state index in [9.17, 15) is 9.90 Å². The summed E-state index contributed by atoms with van der Waals surface area (Å²) in [6.07, 6.45) is 5.31. The van der Waals surface area contributed by atoms with E-state index in [-0.39, 0.29) is 18.1 Å². The molecule has 2 amide bonds. The van der Waals surface area contributed by atoms with Crippen molar-refractivity contribution >= 4 is 17.6 Å². The van der Waals surface area contributed by atoms with Crippen LogP contribution in [-0.4, -0.2) is 40.7 Å². The SMILES string of the molecule is CN(CC1CCCCC1O)C(=O)NCc1ccc(Cl)cn1. The number of pyridine rings is 1. The Morgan fingerprint density at radius 2 is 2.24 bits per heavy atom. The largest absolute Gasteiger partial charge is 0.393 e. The number of nitrogens with zero attached hydrogens (tertiary/aromatic N) is 2. The molecule has 5 nitrogen and oxygen atoms in total. The Morgan fingerprint density at radius 3 is 2.90 bits per heavy atom. The minimum atomic E-state index is -0.285. The third kappa shape index (κ3) is 4.86. The number of halogens is 1. The van der Waals surface area contributed by atoms with Crippen LogP contribution < -0.4 is 5.32 Å². The molecule has 2 rings (SSSR count). The predicted molar refractivity (Wildman–Crippen MR) is 82.1 cm³/mol. The van der Waals surface area contributed by atoms with Crippen LogP contribution in [-0.2, 0) is 6.54 Å². The second-order valence-corrected chi connectivity index (χ2v) is 6.06. The smallest absolute Gasteiger partial charge is 0.317 e. The number of nitrogens with one attached hydrogen (secondary N) is 1. The van der Waals surface area contributed by atoms with Crippen LogP contribution >= 0.6 is 11.6 Å². The van der Waals surface area contributed by atoms with Gasteiger partial charge in [0.25, 0.3) is 0 Å². The standard InChI is InChI=1S/C15H22ClN3O2/c1-19(10-11-4-2-3-5-14(11)20)15(21)18-9-13-7-6-12(16)8-17-13/h6-8,11,14,20H,2-5,9-10H2,1H3,(H,18,21). The van der Waals surface area contributed by atoms with Crippen LogP contribution in [0.4, 0.5) is 4.79 Å². The number of hydrogen-bond donors (Lipinski definition) is 2. The molecule has 1 aromatic rings. The minimum absolute atomic E-state index is 0.149. The molecule has 21 heavy (non-hydrogen) atoms. The normalized spacial score (nSPS) is 21.9. The lowest BCUT2D eigenvalue weighted by Gasteiger charge is -2.31. The fourth-order valence-corrected chi connectivity index (χ4v) is 2.76. The summed E-state index contributed by atoms with van der Waals surface area (Å²) in [6, 6.07) is 3.38. The van der Waals surface area contributed by atoms with E-state index < -0.39 is 0 Å². The van der Waals surface area contributed by atoms with Crippen LogP contribution in [0.2, 0.25) is 5.02 Å². The zero-order valence-corrected chi connectivity index (χ0v) is 13.0. The van der Waals surface area contributed by atoms with Crippen LogP contribution in [0.25, 0.3) is 0 Å². The maximum absolute atomic E-state index is 12.0. The van der Waals surface area contributed by atoms with Gasteiger partial charge in [-0.25, -0.2) is 4.79 Å². The summed E-state index contributed by atoms with van der Waals surface area (Å²) in [4.78, 5) is 17.8. The summed E-state index contributed by atoms with van der Waals surface area (Å²) < 4.78 is 0. The number of rotatable bonds is 4. The summed E-state index contributed by atoms with van der Waals surface area (Å²) in [6.45, 7) is 0.953. The highest BCUT2D eigenvalue weighted by Crippen LogP contribution is 2.24. The third-order valence-electron chi connectivity index (χ3n) is 3.93. The van der Waals surface area contributed by atoms with Gasteiger partial charge in [0, 0.05) is 25.7 Å². The summed E-state index contributed by atoms with van der Waals surface area (Å²) in [5, 5.41) is 13.4. The highest BCUT2D eigenvalue weighted by atomic mass is 35.5. The van der Waals surface area contributed by atoms with E-state index in [4.69, 9.17) is 11.6 Å². The van der Waals surface area contributed by atoms with Gasteiger partial charge in [-0.3, -0.25) is 4.98 Å². The van der Waals surface area contributed by atoms with Crippen molar-refractivity contribution in [2.75, 3.05) is 13.6 Å². The van der Waals surface area contributed by atoms with Gasteiger partial charge in [0.05, 0.1) is 23.4 Å². The van der Waals surface area contributed by atoms with Crippen molar-refractivity contribution in [3.8, 4) is 0 Å². The van der Waals surface area contributed by atoms with Crippen LogP contribution in [0.5, 0.6) is 0 Å². The number of urea groups is 1. The lowest BCUT2D eigenvalue weighted by Crippen LogP contribution is -2.42. The molecule has 1 fully saturated rings. The topological polar surface area (TPSA) is 65.5 Å². The van der Waals surface area contributed by atoms with Gasteiger partial charge >= 0.3 is 6.03 Å². The van der Waals surface area contributed by atoms with Gasteiger partial charge in [-0.15, -0.1) is 0 Å². The first-order valence-electron chi connectivity index (χ1n) is 7.33. The summed E-state index contributed by atoms with van der Waals surface area (Å²) >= 11 is 5.77. The maximum Gasteiger partial charge on any atom is 0.317 e. The van der Waals surface area contributed by atoms with Crippen molar-refractivity contribution in [3.63, 3.8) is 0 Å². The maximum atomic E-state index is 12.0. The molecule has 2 N–H and O–H groups in total. The van der Waals surface area contributed by atoms with Crippen molar-refractivity contribution in [1.29, 1.82) is 0 Å². The molecule has 2 unspecified atom stereocenters. The van der Waals surface area contributed by atoms with E-state index in [2.05, 4.69) is 10.3 Å². The first-order chi connectivity index (χ1) is 10.1. The van der Waals surface area contributed by atoms with Crippen molar-refractivity contribution in [2.45, 2.75) is 38.3 Å². The molecule has 0 spiro atoms. The zero-order chi connectivity index (χ0) is 15.2. The molecule has 1 aliphatic rings. The van der Waals surface area contributed by atoms with Gasteiger partial charge in [0.15, 0.2) is 0 Å². The Morgan fingerprint density at radius 1 is 1.48 bits per heavy atom. The Hall–Kier alpha value is -1.33. The Balaban J connectivity index is 1.78. The monoisotopic (exact) mass is 311 g/mol. The molecule has 0 aliphatic heterocycles. The molecule has 1 aromatic heterocycles. The van der Waals surface area contributed by atoms with Gasteiger partial charge in [0.1, 0.15) is 0 Å². The highest BCUT2D eigenvalue weighted by molar-refractivity contribution is 6.30. The molecule has 0 bridgehead atoms. The van der Waals surface area contributed by atoms with E-state index >= 15 is 0 Å². The second-order valence-electron chi connectivity index (χ2n) is 5.62. The number of hydrogen-bond acceptors (Lipinski definition) is 3. The van der Waals surface area contributed by atoms with Gasteiger partial charge in [-0.05, 0) is 25.0 Å². The molecule has 0 aromatic carbocycles. The molecular formula is C15H22ClN3O2. The fourth-order valence-electron chi connectivity index (χ4n) is 2.65. The molecule has 0 radical (unpaired) electrons. The number of carbonyl (C=O) groups is 1. The lowest BCUT2D eigenvalue weighted by atomic mass is 9.86. The van der Waals surface area contributed by atoms with Gasteiger partial charge in [-0.1, -0.05) is 24.4 Å². The van der Waals surface area contributed by atoms with Crippen LogP contribution in [0, 0.1) is 5.92 Å². The van der Waals surface area contributed by atoms with E-state index in [1.807, 2.05) is 0 Å². The number of aromatic nitrogens is 1. The van der Waals surface area contributed by atoms with Gasteiger partial charge in [-0.2, -0.15) is 0 Å². The average Bonchev–Trinajstić information content (AvgIpc) is 2.48. The Labute approximate surface area is 130 Å². The van der Waals surface area contributed by atoms with Crippen molar-refractivity contribution < 1.29 is 9.90 Å². The molecule has 1 saturated carbocycles. The van der Waals surface area contributed by atoms with E-state index in [0.29, 0.717) is 18.1 Å². The molecule has 116 valence electrons. The van der Waals surface area contributed by atoms with Crippen LogP contribution in [0.15, 0.2) is 18.3 Å². The zero-order valence-electron chi connectivity index (χ0n) is 12.3. The first kappa shape index (κ1) is 16.0. The molecule has 1 aliphatic carbocycles. The second kappa shape index (κ2) is 7.61. The third-order valence-corrected chi connectivity index (χ3v) is 4.16. The molecular weight excluding hydrogens is 290 g/mol. The van der Waals surface area contributed by atoms with Crippen LogP contribution in [0.1, 0.15) is 31.4 Å². The first-order valence-corrected chi connectivity index (χ1v) is 7.71. The summed E-state index contributed by atoms with van der Waals surface area (Å²) in [7, 11) is 1.76. The van der Waals surface area contributed by atoms with Gasteiger partial charge < -0.3 is 15.3 Å². The summed E-state index contributed by atoms with van der Waals surface area (Å²) in [5.74, 6) is 0.183. The fraction of sp³-hybridized carbons (Fsp3) is 0.600. The number of aliphatic hydroxyl groups is 1. The molecule has 0 saturated heterocycles. The van der Waals surface area contributed by atoms with E-state index in [1.165, 1.54) is 0 Å². The molecule has 1 heterocycles. The average molecular weight is 312 g/mol. The Bertz CT molecular complexity index is 466. The predicted octanol–water partition coefficient (Wildman–Crippen LogP) is 2.43. The van der Waals surface area contributed by atoms with Crippen molar-refractivity contribution in [2.24, 2.45) is 5.92 Å². The van der Waals surface area contributed by atoms with Crippen LogP contribution in [0.3, 0.4) is 0 Å². The van der Waals surface area contributed by atoms with Gasteiger partial charge in [0.2, 0.25) is 0 Å². The van der Waals surface area contributed by atoms with Crippen molar-refractivity contribution in [3.05, 3.63) is 29.0 Å². The lowest BCUT2D eigenvalue weighted by molar-refractivity contribution is 0.0565.